The van der Waals surface area contributed by atoms with E-state index in [0.717, 1.165) is 25.7 Å². The molecular formula is C13H22O4. The number of methoxy groups -OCH3 is 2. The van der Waals surface area contributed by atoms with E-state index >= 15 is 0 Å². The minimum atomic E-state index is -0.899. The lowest BCUT2D eigenvalue weighted by Crippen LogP contribution is -2.40. The predicted octanol–water partition coefficient (Wildman–Crippen LogP) is 1.96. The summed E-state index contributed by atoms with van der Waals surface area (Å²) < 4.78 is 9.87. The number of carbonyl (C=O) groups excluding carboxylic acids is 2. The van der Waals surface area contributed by atoms with Crippen LogP contribution < -0.4 is 0 Å². The minimum Gasteiger partial charge on any atom is -0.349 e. The van der Waals surface area contributed by atoms with Crippen LogP contribution in [0.3, 0.4) is 0 Å². The number of ether oxygens (including phenoxy) is 2. The van der Waals surface area contributed by atoms with E-state index in [-0.39, 0.29) is 17.5 Å². The lowest BCUT2D eigenvalue weighted by atomic mass is 9.76. The second-order valence-electron chi connectivity index (χ2n) is 4.58. The highest BCUT2D eigenvalue weighted by Crippen LogP contribution is 2.30. The predicted molar refractivity (Wildman–Crippen MR) is 63.6 cm³/mol. The second-order valence-corrected chi connectivity index (χ2v) is 4.58. The fourth-order valence-electron chi connectivity index (χ4n) is 2.55. The van der Waals surface area contributed by atoms with Gasteiger partial charge < -0.3 is 9.47 Å². The van der Waals surface area contributed by atoms with E-state index in [0.29, 0.717) is 6.42 Å². The molecule has 0 saturated heterocycles. The van der Waals surface area contributed by atoms with Crippen molar-refractivity contribution in [1.29, 1.82) is 0 Å². The molecule has 1 fully saturated rings. The SMILES string of the molecule is CCC[C@@H]1CCC[C@@H](C(=O)C(OC)OC)C1=O. The zero-order valence-electron chi connectivity index (χ0n) is 10.9. The average molecular weight is 242 g/mol. The number of Topliss-reactive ketones (excluding diaryl/α,β-unsaturated/α-hetero) is 2. The van der Waals surface area contributed by atoms with Gasteiger partial charge in [0.1, 0.15) is 5.78 Å². The summed E-state index contributed by atoms with van der Waals surface area (Å²) in [5.74, 6) is -0.606. The molecule has 98 valence electrons. The third kappa shape index (κ3) is 3.36. The Morgan fingerprint density at radius 3 is 2.53 bits per heavy atom. The van der Waals surface area contributed by atoms with E-state index in [1.54, 1.807) is 0 Å². The molecule has 0 aromatic carbocycles. The summed E-state index contributed by atoms with van der Waals surface area (Å²) in [5, 5.41) is 0. The van der Waals surface area contributed by atoms with Crippen LogP contribution in [-0.2, 0) is 19.1 Å². The van der Waals surface area contributed by atoms with Crippen LogP contribution in [0.25, 0.3) is 0 Å². The molecular weight excluding hydrogens is 220 g/mol. The Morgan fingerprint density at radius 2 is 2.00 bits per heavy atom. The third-order valence-electron chi connectivity index (χ3n) is 3.43. The van der Waals surface area contributed by atoms with Crippen molar-refractivity contribution in [3.63, 3.8) is 0 Å². The smallest absolute Gasteiger partial charge is 0.218 e. The van der Waals surface area contributed by atoms with Crippen molar-refractivity contribution in [3.05, 3.63) is 0 Å². The maximum Gasteiger partial charge on any atom is 0.218 e. The van der Waals surface area contributed by atoms with Gasteiger partial charge in [0.15, 0.2) is 5.78 Å². The fourth-order valence-corrected chi connectivity index (χ4v) is 2.55. The van der Waals surface area contributed by atoms with Crippen LogP contribution >= 0.6 is 0 Å². The monoisotopic (exact) mass is 242 g/mol. The van der Waals surface area contributed by atoms with Crippen LogP contribution in [0.1, 0.15) is 39.0 Å². The van der Waals surface area contributed by atoms with Gasteiger partial charge in [0.05, 0.1) is 5.92 Å². The Bertz CT molecular complexity index is 269. The molecule has 0 aromatic rings. The van der Waals surface area contributed by atoms with E-state index in [9.17, 15) is 9.59 Å². The van der Waals surface area contributed by atoms with Gasteiger partial charge in [-0.2, -0.15) is 0 Å². The van der Waals surface area contributed by atoms with Gasteiger partial charge in [-0.3, -0.25) is 9.59 Å². The molecule has 1 aliphatic carbocycles. The summed E-state index contributed by atoms with van der Waals surface area (Å²) >= 11 is 0. The van der Waals surface area contributed by atoms with Crippen molar-refractivity contribution in [3.8, 4) is 0 Å². The molecule has 0 amide bonds. The van der Waals surface area contributed by atoms with Gasteiger partial charge in [0, 0.05) is 20.1 Å². The molecule has 1 rings (SSSR count). The molecule has 4 nitrogen and oxygen atoms in total. The minimum absolute atomic E-state index is 0.0528. The maximum absolute atomic E-state index is 12.2. The Kier molecular flexibility index (Phi) is 5.78. The fraction of sp³-hybridized carbons (Fsp3) is 0.846. The molecule has 0 N–H and O–H groups in total. The summed E-state index contributed by atoms with van der Waals surface area (Å²) in [4.78, 5) is 24.2. The van der Waals surface area contributed by atoms with Crippen LogP contribution in [0.2, 0.25) is 0 Å². The van der Waals surface area contributed by atoms with E-state index in [1.165, 1.54) is 14.2 Å². The molecule has 1 saturated carbocycles. The molecule has 0 spiro atoms. The van der Waals surface area contributed by atoms with E-state index in [4.69, 9.17) is 9.47 Å². The summed E-state index contributed by atoms with van der Waals surface area (Å²) in [5.41, 5.74) is 0. The number of carbonyl (C=O) groups is 2. The molecule has 2 atom stereocenters. The average Bonchev–Trinajstić information content (AvgIpc) is 2.33. The Morgan fingerprint density at radius 1 is 1.35 bits per heavy atom. The summed E-state index contributed by atoms with van der Waals surface area (Å²) in [6.07, 6.45) is 3.46. The zero-order valence-corrected chi connectivity index (χ0v) is 10.9. The molecule has 17 heavy (non-hydrogen) atoms. The summed E-state index contributed by atoms with van der Waals surface area (Å²) in [6, 6.07) is 0. The quantitative estimate of drug-likeness (QED) is 0.528. The number of hydrogen-bond donors (Lipinski definition) is 0. The highest BCUT2D eigenvalue weighted by molar-refractivity contribution is 6.05. The number of ketones is 2. The Balaban J connectivity index is 2.69. The first kappa shape index (κ1) is 14.3. The van der Waals surface area contributed by atoms with Gasteiger partial charge >= 0.3 is 0 Å². The third-order valence-corrected chi connectivity index (χ3v) is 3.43. The van der Waals surface area contributed by atoms with Crippen molar-refractivity contribution in [1.82, 2.24) is 0 Å². The standard InChI is InChI=1S/C13H22O4/c1-4-6-9-7-5-8-10(11(9)14)12(15)13(16-2)17-3/h9-10,13H,4-8H2,1-3H3/t9-,10-/m1/s1. The molecule has 0 bridgehead atoms. The normalized spacial score (nSPS) is 25.3. The zero-order chi connectivity index (χ0) is 12.8. The van der Waals surface area contributed by atoms with Gasteiger partial charge in [-0.25, -0.2) is 0 Å². The highest BCUT2D eigenvalue weighted by Gasteiger charge is 2.38. The van der Waals surface area contributed by atoms with Gasteiger partial charge in [0.2, 0.25) is 6.29 Å². The molecule has 0 aromatic heterocycles. The van der Waals surface area contributed by atoms with Crippen molar-refractivity contribution in [2.24, 2.45) is 11.8 Å². The van der Waals surface area contributed by atoms with Gasteiger partial charge in [-0.05, 0) is 19.3 Å². The van der Waals surface area contributed by atoms with Gasteiger partial charge in [0.25, 0.3) is 0 Å². The van der Waals surface area contributed by atoms with Gasteiger partial charge in [-0.15, -0.1) is 0 Å². The van der Waals surface area contributed by atoms with Gasteiger partial charge in [-0.1, -0.05) is 19.8 Å². The van der Waals surface area contributed by atoms with Crippen LogP contribution in [0.15, 0.2) is 0 Å². The van der Waals surface area contributed by atoms with Crippen LogP contribution in [0.4, 0.5) is 0 Å². The van der Waals surface area contributed by atoms with Crippen molar-refractivity contribution < 1.29 is 19.1 Å². The molecule has 4 heteroatoms. The second kappa shape index (κ2) is 6.87. The van der Waals surface area contributed by atoms with Crippen LogP contribution in [-0.4, -0.2) is 32.1 Å². The molecule has 0 unspecified atom stereocenters. The molecule has 0 heterocycles. The molecule has 0 radical (unpaired) electrons. The summed E-state index contributed by atoms with van der Waals surface area (Å²) in [6.45, 7) is 2.06. The van der Waals surface area contributed by atoms with Crippen molar-refractivity contribution in [2.75, 3.05) is 14.2 Å². The Labute approximate surface area is 103 Å². The lowest BCUT2D eigenvalue weighted by Gasteiger charge is -2.28. The van der Waals surface area contributed by atoms with E-state index in [1.807, 2.05) is 0 Å². The van der Waals surface area contributed by atoms with Crippen molar-refractivity contribution >= 4 is 11.6 Å². The largest absolute Gasteiger partial charge is 0.349 e. The lowest BCUT2D eigenvalue weighted by molar-refractivity contribution is -0.164. The molecule has 1 aliphatic rings. The van der Waals surface area contributed by atoms with E-state index < -0.39 is 12.2 Å². The maximum atomic E-state index is 12.2. The first-order chi connectivity index (χ1) is 8.15. The molecule has 0 aliphatic heterocycles. The highest BCUT2D eigenvalue weighted by atomic mass is 16.7. The first-order valence-electron chi connectivity index (χ1n) is 6.28. The number of hydrogen-bond acceptors (Lipinski definition) is 4. The van der Waals surface area contributed by atoms with E-state index in [2.05, 4.69) is 6.92 Å². The van der Waals surface area contributed by atoms with Crippen molar-refractivity contribution in [2.45, 2.75) is 45.3 Å². The first-order valence-corrected chi connectivity index (χ1v) is 6.28. The summed E-state index contributed by atoms with van der Waals surface area (Å²) in [7, 11) is 2.84. The number of rotatable bonds is 6. The van der Waals surface area contributed by atoms with Crippen LogP contribution in [0.5, 0.6) is 0 Å². The topological polar surface area (TPSA) is 52.6 Å². The Hall–Kier alpha value is -0.740. The van der Waals surface area contributed by atoms with Crippen LogP contribution in [0, 0.1) is 11.8 Å².